The van der Waals surface area contributed by atoms with E-state index in [4.69, 9.17) is 4.98 Å². The van der Waals surface area contributed by atoms with Crippen molar-refractivity contribution >= 4 is 16.3 Å². The molecular weight excluding hydrogens is 354 g/mol. The monoisotopic (exact) mass is 382 g/mol. The van der Waals surface area contributed by atoms with Gasteiger partial charge in [-0.05, 0) is 31.6 Å². The zero-order valence-electron chi connectivity index (χ0n) is 16.1. The first-order valence-corrected chi connectivity index (χ1v) is 10.8. The Morgan fingerprint density at radius 3 is 2.74 bits per heavy atom. The molecular formula is C22H28N3OS+. The van der Waals surface area contributed by atoms with Crippen LogP contribution in [0.3, 0.4) is 0 Å². The largest absolute Gasteiger partial charge is 0.335 e. The smallest absolute Gasteiger partial charge is 0.259 e. The average Bonchev–Trinajstić information content (AvgIpc) is 3.04. The second-order valence-electron chi connectivity index (χ2n) is 7.97. The molecule has 2 heterocycles. The molecule has 3 aromatic rings. The minimum atomic E-state index is 0.0860. The Morgan fingerprint density at radius 1 is 1.19 bits per heavy atom. The summed E-state index contributed by atoms with van der Waals surface area (Å²) in [6.07, 6.45) is 5.61. The highest BCUT2D eigenvalue weighted by atomic mass is 32.1. The lowest BCUT2D eigenvalue weighted by atomic mass is 9.97. The molecule has 27 heavy (non-hydrogen) atoms. The van der Waals surface area contributed by atoms with Crippen molar-refractivity contribution in [2.45, 2.75) is 58.5 Å². The van der Waals surface area contributed by atoms with E-state index in [0.29, 0.717) is 12.0 Å². The second-order valence-corrected chi connectivity index (χ2v) is 9.03. The highest BCUT2D eigenvalue weighted by Crippen LogP contribution is 2.28. The number of aromatic nitrogens is 2. The second kappa shape index (κ2) is 7.95. The highest BCUT2D eigenvalue weighted by Gasteiger charge is 2.20. The standard InChI is InChI=1S/C22H27N3OS/c1-15(2)12-18(16-8-4-3-5-9-16)23-14-17-13-21(26)25-19-10-6-7-11-20(19)27-22(25)24-17/h3-5,8-9,13,15,18,23H,6-7,10-12,14H2,1-2H3/p+1/t18-/m1/s1. The molecule has 2 aromatic heterocycles. The maximum atomic E-state index is 12.7. The van der Waals surface area contributed by atoms with Crippen LogP contribution in [0.2, 0.25) is 0 Å². The van der Waals surface area contributed by atoms with Crippen LogP contribution >= 0.6 is 11.3 Å². The lowest BCUT2D eigenvalue weighted by molar-refractivity contribution is -0.713. The van der Waals surface area contributed by atoms with Gasteiger partial charge in [-0.1, -0.05) is 44.2 Å². The Hall–Kier alpha value is -1.98. The molecule has 0 unspecified atom stereocenters. The normalized spacial score (nSPS) is 15.2. The third-order valence-corrected chi connectivity index (χ3v) is 6.52. The van der Waals surface area contributed by atoms with E-state index >= 15 is 0 Å². The zero-order valence-corrected chi connectivity index (χ0v) is 17.0. The molecule has 0 fully saturated rings. The van der Waals surface area contributed by atoms with Crippen molar-refractivity contribution in [3.63, 3.8) is 0 Å². The summed E-state index contributed by atoms with van der Waals surface area (Å²) < 4.78 is 1.85. The molecule has 1 aromatic carbocycles. The Balaban J connectivity index is 1.58. The number of hydrogen-bond donors (Lipinski definition) is 1. The maximum absolute atomic E-state index is 12.7. The van der Waals surface area contributed by atoms with Gasteiger partial charge in [0.25, 0.3) is 5.56 Å². The van der Waals surface area contributed by atoms with E-state index < -0.39 is 0 Å². The number of hydrogen-bond acceptors (Lipinski definition) is 3. The van der Waals surface area contributed by atoms with Crippen LogP contribution in [0.4, 0.5) is 0 Å². The Morgan fingerprint density at radius 2 is 1.96 bits per heavy atom. The molecule has 0 aliphatic heterocycles. The summed E-state index contributed by atoms with van der Waals surface area (Å²) in [5, 5.41) is 2.33. The molecule has 0 radical (unpaired) electrons. The summed E-state index contributed by atoms with van der Waals surface area (Å²) in [6.45, 7) is 5.26. The van der Waals surface area contributed by atoms with E-state index in [1.807, 2.05) is 4.40 Å². The third kappa shape index (κ3) is 3.99. The molecule has 0 saturated carbocycles. The Bertz CT molecular complexity index is 974. The van der Waals surface area contributed by atoms with Crippen molar-refractivity contribution in [3.8, 4) is 0 Å². The summed E-state index contributed by atoms with van der Waals surface area (Å²) in [6, 6.07) is 12.8. The molecule has 1 atom stereocenters. The van der Waals surface area contributed by atoms with E-state index in [-0.39, 0.29) is 5.56 Å². The number of nitrogens with zero attached hydrogens (tertiary/aromatic N) is 2. The Labute approximate surface area is 164 Å². The van der Waals surface area contributed by atoms with Crippen LogP contribution in [0.5, 0.6) is 0 Å². The van der Waals surface area contributed by atoms with E-state index in [9.17, 15) is 4.79 Å². The van der Waals surface area contributed by atoms with Crippen molar-refractivity contribution in [2.75, 3.05) is 0 Å². The van der Waals surface area contributed by atoms with Crippen LogP contribution in [0, 0.1) is 5.92 Å². The average molecular weight is 383 g/mol. The number of quaternary nitrogens is 1. The quantitative estimate of drug-likeness (QED) is 0.709. The number of aryl methyl sites for hydroxylation is 2. The van der Waals surface area contributed by atoms with Crippen LogP contribution in [0.15, 0.2) is 41.2 Å². The van der Waals surface area contributed by atoms with Gasteiger partial charge in [-0.15, -0.1) is 11.3 Å². The number of fused-ring (bicyclic) bond motifs is 3. The third-order valence-electron chi connectivity index (χ3n) is 5.38. The van der Waals surface area contributed by atoms with Crippen molar-refractivity contribution in [1.82, 2.24) is 9.38 Å². The molecule has 0 saturated heterocycles. The van der Waals surface area contributed by atoms with Crippen molar-refractivity contribution in [1.29, 1.82) is 0 Å². The minimum Gasteiger partial charge on any atom is -0.335 e. The number of thiazole rings is 1. The van der Waals surface area contributed by atoms with Gasteiger partial charge in [-0.3, -0.25) is 9.20 Å². The summed E-state index contributed by atoms with van der Waals surface area (Å²) in [5.74, 6) is 0.622. The lowest BCUT2D eigenvalue weighted by Crippen LogP contribution is -2.84. The molecule has 0 amide bonds. The molecule has 0 spiro atoms. The molecule has 4 nitrogen and oxygen atoms in total. The topological polar surface area (TPSA) is 51.0 Å². The van der Waals surface area contributed by atoms with E-state index in [1.165, 1.54) is 29.0 Å². The van der Waals surface area contributed by atoms with E-state index in [2.05, 4.69) is 49.5 Å². The summed E-state index contributed by atoms with van der Waals surface area (Å²) in [4.78, 5) is 19.8. The number of rotatable bonds is 6. The van der Waals surface area contributed by atoms with Gasteiger partial charge in [-0.25, -0.2) is 4.98 Å². The van der Waals surface area contributed by atoms with Gasteiger partial charge in [0.05, 0.1) is 0 Å². The van der Waals surface area contributed by atoms with Crippen LogP contribution < -0.4 is 10.9 Å². The fourth-order valence-electron chi connectivity index (χ4n) is 4.09. The van der Waals surface area contributed by atoms with E-state index in [1.54, 1.807) is 17.4 Å². The fourth-order valence-corrected chi connectivity index (χ4v) is 5.32. The molecule has 0 bridgehead atoms. The van der Waals surface area contributed by atoms with Crippen molar-refractivity contribution < 1.29 is 5.32 Å². The molecule has 4 rings (SSSR count). The number of nitrogens with two attached hydrogens (primary N) is 1. The van der Waals surface area contributed by atoms with Crippen LogP contribution in [-0.4, -0.2) is 9.38 Å². The fraction of sp³-hybridized carbons (Fsp3) is 0.455. The molecule has 1 aliphatic carbocycles. The highest BCUT2D eigenvalue weighted by molar-refractivity contribution is 7.17. The van der Waals surface area contributed by atoms with Crippen LogP contribution in [0.25, 0.3) is 4.96 Å². The van der Waals surface area contributed by atoms with Gasteiger partial charge in [0.15, 0.2) is 4.96 Å². The van der Waals surface area contributed by atoms with Gasteiger partial charge < -0.3 is 5.32 Å². The van der Waals surface area contributed by atoms with Gasteiger partial charge in [0.2, 0.25) is 0 Å². The van der Waals surface area contributed by atoms with Gasteiger partial charge in [0.1, 0.15) is 18.3 Å². The summed E-state index contributed by atoms with van der Waals surface area (Å²) in [7, 11) is 0. The van der Waals surface area contributed by atoms with Gasteiger partial charge in [-0.2, -0.15) is 0 Å². The van der Waals surface area contributed by atoms with E-state index in [0.717, 1.165) is 36.5 Å². The summed E-state index contributed by atoms with van der Waals surface area (Å²) >= 11 is 1.71. The van der Waals surface area contributed by atoms with Crippen LogP contribution in [-0.2, 0) is 19.4 Å². The summed E-state index contributed by atoms with van der Waals surface area (Å²) in [5.41, 5.74) is 3.53. The SMILES string of the molecule is CC(C)C[C@@H]([NH2+]Cc1cc(=O)n2c3c(sc2n1)CCCC3)c1ccccc1. The minimum absolute atomic E-state index is 0.0860. The zero-order chi connectivity index (χ0) is 18.8. The maximum Gasteiger partial charge on any atom is 0.259 e. The van der Waals surface area contributed by atoms with Crippen molar-refractivity contribution in [2.24, 2.45) is 5.92 Å². The first-order valence-electron chi connectivity index (χ1n) is 10.0. The molecule has 5 heteroatoms. The van der Waals surface area contributed by atoms with Gasteiger partial charge >= 0.3 is 0 Å². The predicted octanol–water partition coefficient (Wildman–Crippen LogP) is 3.49. The van der Waals surface area contributed by atoms with Crippen molar-refractivity contribution in [3.05, 3.63) is 68.6 Å². The van der Waals surface area contributed by atoms with Crippen LogP contribution in [0.1, 0.15) is 61.0 Å². The first-order chi connectivity index (χ1) is 13.1. The Kier molecular flexibility index (Phi) is 5.41. The lowest BCUT2D eigenvalue weighted by Gasteiger charge is -2.18. The molecule has 1 aliphatic rings. The number of benzene rings is 1. The van der Waals surface area contributed by atoms with Gasteiger partial charge in [0, 0.05) is 28.6 Å². The molecule has 2 N–H and O–H groups in total. The first kappa shape index (κ1) is 18.4. The molecule has 142 valence electrons. The predicted molar refractivity (Wildman–Crippen MR) is 110 cm³/mol.